The number of hydrogen-bond donors (Lipinski definition) is 0. The largest absolute Gasteiger partial charge is 0.493 e. The van der Waals surface area contributed by atoms with Gasteiger partial charge in [-0.15, -0.1) is 0 Å². The van der Waals surface area contributed by atoms with Gasteiger partial charge >= 0.3 is 0 Å². The van der Waals surface area contributed by atoms with Crippen LogP contribution in [0.1, 0.15) is 50.5 Å². The molecule has 1 atom stereocenters. The molecule has 2 amide bonds. The third-order valence-electron chi connectivity index (χ3n) is 8.46. The van der Waals surface area contributed by atoms with Gasteiger partial charge in [-0.3, -0.25) is 9.59 Å². The monoisotopic (exact) mass is 542 g/mol. The first-order chi connectivity index (χ1) is 18.4. The summed E-state index contributed by atoms with van der Waals surface area (Å²) in [5.41, 5.74) is -0.257. The van der Waals surface area contributed by atoms with Gasteiger partial charge in [0.05, 0.1) is 25.2 Å². The van der Waals surface area contributed by atoms with Gasteiger partial charge in [0.15, 0.2) is 0 Å². The third-order valence-corrected chi connectivity index (χ3v) is 8.71. The van der Waals surface area contributed by atoms with Gasteiger partial charge < -0.3 is 19.3 Å². The first-order valence-corrected chi connectivity index (χ1v) is 14.1. The van der Waals surface area contributed by atoms with Crippen molar-refractivity contribution in [2.45, 2.75) is 50.4 Å². The van der Waals surface area contributed by atoms with Crippen molar-refractivity contribution >= 4 is 23.4 Å². The number of ether oxygens (including phenoxy) is 2. The second kappa shape index (κ2) is 11.6. The van der Waals surface area contributed by atoms with Gasteiger partial charge in [-0.1, -0.05) is 36.6 Å². The van der Waals surface area contributed by atoms with Crippen molar-refractivity contribution in [3.8, 4) is 5.75 Å². The zero-order valence-corrected chi connectivity index (χ0v) is 22.6. The smallest absolute Gasteiger partial charge is 0.233 e. The van der Waals surface area contributed by atoms with Crippen LogP contribution in [-0.4, -0.2) is 67.6 Å². The first kappa shape index (κ1) is 26.9. The van der Waals surface area contributed by atoms with Gasteiger partial charge in [0.1, 0.15) is 11.6 Å². The number of likely N-dealkylation sites (tertiary alicyclic amines) is 1. The molecule has 8 heteroatoms. The highest BCUT2D eigenvalue weighted by Gasteiger charge is 2.48. The summed E-state index contributed by atoms with van der Waals surface area (Å²) in [7, 11) is 0. The van der Waals surface area contributed by atoms with Crippen LogP contribution in [0.15, 0.2) is 48.5 Å². The predicted octanol–water partition coefficient (Wildman–Crippen LogP) is 5.23. The summed E-state index contributed by atoms with van der Waals surface area (Å²) >= 11 is 6.05. The minimum absolute atomic E-state index is 0.0800. The van der Waals surface area contributed by atoms with Crippen molar-refractivity contribution < 1.29 is 23.5 Å². The van der Waals surface area contributed by atoms with Crippen LogP contribution in [0.2, 0.25) is 5.02 Å². The molecule has 0 N–H and O–H groups in total. The van der Waals surface area contributed by atoms with E-state index in [0.717, 1.165) is 44.1 Å². The highest BCUT2D eigenvalue weighted by Crippen LogP contribution is 2.45. The number of benzene rings is 2. The molecule has 2 saturated heterocycles. The normalized spacial score (nSPS) is 23.3. The summed E-state index contributed by atoms with van der Waals surface area (Å²) in [6.07, 6.45) is 5.36. The van der Waals surface area contributed by atoms with E-state index in [-0.39, 0.29) is 17.6 Å². The molecular weight excluding hydrogens is 507 g/mol. The quantitative estimate of drug-likeness (QED) is 0.481. The maximum Gasteiger partial charge on any atom is 0.233 e. The zero-order valence-electron chi connectivity index (χ0n) is 21.8. The summed E-state index contributed by atoms with van der Waals surface area (Å²) in [6, 6.07) is 13.6. The van der Waals surface area contributed by atoms with Crippen LogP contribution in [0, 0.1) is 11.2 Å². The van der Waals surface area contributed by atoms with Crippen LogP contribution in [0.5, 0.6) is 5.75 Å². The molecule has 1 aliphatic carbocycles. The van der Waals surface area contributed by atoms with E-state index in [0.29, 0.717) is 63.2 Å². The van der Waals surface area contributed by atoms with Crippen LogP contribution in [-0.2, 0) is 19.7 Å². The molecule has 1 saturated carbocycles. The number of piperidine rings is 1. The zero-order chi connectivity index (χ0) is 26.6. The molecule has 0 bridgehead atoms. The average molecular weight is 543 g/mol. The van der Waals surface area contributed by atoms with Crippen molar-refractivity contribution in [1.29, 1.82) is 0 Å². The third kappa shape index (κ3) is 5.84. The number of amides is 2. The SMILES string of the molecule is O=C(C[C@@]1(COc2ccc(Cl)cc2)CCCN(C(=O)C2(c3ccc(F)cc3)CCCC2)C1)N1CCOCC1. The summed E-state index contributed by atoms with van der Waals surface area (Å²) < 4.78 is 25.4. The molecule has 204 valence electrons. The maximum absolute atomic E-state index is 14.3. The Balaban J connectivity index is 1.39. The fraction of sp³-hybridized carbons (Fsp3) is 0.533. The topological polar surface area (TPSA) is 59.1 Å². The maximum atomic E-state index is 14.3. The molecule has 6 nitrogen and oxygen atoms in total. The highest BCUT2D eigenvalue weighted by atomic mass is 35.5. The van der Waals surface area contributed by atoms with Crippen LogP contribution in [0.3, 0.4) is 0 Å². The summed E-state index contributed by atoms with van der Waals surface area (Å²) in [6.45, 7) is 3.70. The predicted molar refractivity (Wildman–Crippen MR) is 144 cm³/mol. The van der Waals surface area contributed by atoms with Crippen molar-refractivity contribution in [3.05, 3.63) is 64.9 Å². The summed E-state index contributed by atoms with van der Waals surface area (Å²) in [5, 5.41) is 0.631. The Hall–Kier alpha value is -2.64. The second-order valence-corrected chi connectivity index (χ2v) is 11.5. The average Bonchev–Trinajstić information content (AvgIpc) is 3.44. The van der Waals surface area contributed by atoms with E-state index in [1.807, 2.05) is 21.9 Å². The van der Waals surface area contributed by atoms with Crippen molar-refractivity contribution in [2.24, 2.45) is 5.41 Å². The Morgan fingerprint density at radius 3 is 2.26 bits per heavy atom. The van der Waals surface area contributed by atoms with Crippen molar-refractivity contribution in [3.63, 3.8) is 0 Å². The second-order valence-electron chi connectivity index (χ2n) is 11.0. The van der Waals surface area contributed by atoms with E-state index in [1.54, 1.807) is 24.3 Å². The Bertz CT molecular complexity index is 1110. The first-order valence-electron chi connectivity index (χ1n) is 13.7. The minimum Gasteiger partial charge on any atom is -0.493 e. The van der Waals surface area contributed by atoms with Crippen LogP contribution in [0.25, 0.3) is 0 Å². The molecule has 3 aliphatic rings. The Morgan fingerprint density at radius 1 is 0.895 bits per heavy atom. The number of morpholine rings is 1. The molecule has 38 heavy (non-hydrogen) atoms. The fourth-order valence-electron chi connectivity index (χ4n) is 6.38. The molecular formula is C30H36ClFN2O4. The molecule has 0 unspecified atom stereocenters. The molecule has 2 aromatic carbocycles. The van der Waals surface area contributed by atoms with Crippen molar-refractivity contribution in [2.75, 3.05) is 46.0 Å². The molecule has 2 aliphatic heterocycles. The van der Waals surface area contributed by atoms with E-state index in [2.05, 4.69) is 0 Å². The number of carbonyl (C=O) groups excluding carboxylic acids is 2. The minimum atomic E-state index is -0.637. The van der Waals surface area contributed by atoms with E-state index in [1.165, 1.54) is 12.1 Å². The van der Waals surface area contributed by atoms with Crippen LogP contribution < -0.4 is 4.74 Å². The Kier molecular flexibility index (Phi) is 8.24. The molecule has 2 aromatic rings. The van der Waals surface area contributed by atoms with Gasteiger partial charge in [0.2, 0.25) is 11.8 Å². The van der Waals surface area contributed by atoms with E-state index >= 15 is 0 Å². The number of carbonyl (C=O) groups is 2. The van der Waals surface area contributed by atoms with Gasteiger partial charge in [0.25, 0.3) is 0 Å². The number of halogens is 2. The lowest BCUT2D eigenvalue weighted by atomic mass is 9.74. The summed E-state index contributed by atoms with van der Waals surface area (Å²) in [4.78, 5) is 31.5. The van der Waals surface area contributed by atoms with Gasteiger partial charge in [0, 0.05) is 43.0 Å². The lowest BCUT2D eigenvalue weighted by molar-refractivity contribution is -0.146. The molecule has 0 aromatic heterocycles. The van der Waals surface area contributed by atoms with Crippen molar-refractivity contribution in [1.82, 2.24) is 9.80 Å². The molecule has 2 heterocycles. The van der Waals surface area contributed by atoms with Gasteiger partial charge in [-0.25, -0.2) is 4.39 Å². The molecule has 5 rings (SSSR count). The van der Waals surface area contributed by atoms with E-state index in [4.69, 9.17) is 21.1 Å². The Labute approximate surface area is 229 Å². The van der Waals surface area contributed by atoms with Crippen LogP contribution in [0.4, 0.5) is 4.39 Å². The van der Waals surface area contributed by atoms with Crippen LogP contribution >= 0.6 is 11.6 Å². The van der Waals surface area contributed by atoms with E-state index < -0.39 is 10.8 Å². The number of hydrogen-bond acceptors (Lipinski definition) is 4. The summed E-state index contributed by atoms with van der Waals surface area (Å²) in [5.74, 6) is 0.564. The Morgan fingerprint density at radius 2 is 1.58 bits per heavy atom. The molecule has 0 radical (unpaired) electrons. The van der Waals surface area contributed by atoms with Gasteiger partial charge in [-0.05, 0) is 67.6 Å². The van der Waals surface area contributed by atoms with Gasteiger partial charge in [-0.2, -0.15) is 0 Å². The highest BCUT2D eigenvalue weighted by molar-refractivity contribution is 6.30. The standard InChI is InChI=1S/C30H36ClFN2O4/c31-24-6-10-26(11-7-24)38-22-29(20-27(35)33-16-18-37-19-17-33)12-3-15-34(21-29)28(36)30(13-1-2-14-30)23-4-8-25(32)9-5-23/h4-11H,1-3,12-22H2/t29-/m0/s1. The molecule has 3 fully saturated rings. The lowest BCUT2D eigenvalue weighted by Gasteiger charge is -2.46. The lowest BCUT2D eigenvalue weighted by Crippen LogP contribution is -2.55. The fourth-order valence-corrected chi connectivity index (χ4v) is 6.51. The molecule has 0 spiro atoms. The van der Waals surface area contributed by atoms with E-state index in [9.17, 15) is 14.0 Å². The number of rotatable bonds is 7. The number of nitrogens with zero attached hydrogens (tertiary/aromatic N) is 2.